The number of benzene rings is 1. The molecule has 2 aromatic heterocycles. The van der Waals surface area contributed by atoms with Gasteiger partial charge in [0.2, 0.25) is 0 Å². The Morgan fingerprint density at radius 1 is 1.12 bits per heavy atom. The van der Waals surface area contributed by atoms with Crippen molar-refractivity contribution in [2.75, 3.05) is 11.4 Å². The van der Waals surface area contributed by atoms with Crippen LogP contribution in [-0.4, -0.2) is 17.4 Å². The van der Waals surface area contributed by atoms with E-state index in [9.17, 15) is 9.59 Å². The molecule has 4 rings (SSSR count). The van der Waals surface area contributed by atoms with Crippen LogP contribution in [-0.2, 0) is 6.42 Å². The van der Waals surface area contributed by atoms with Crippen LogP contribution in [0, 0.1) is 0 Å². The average Bonchev–Trinajstić information content (AvgIpc) is 2.58. The van der Waals surface area contributed by atoms with Gasteiger partial charge in [-0.2, -0.15) is 0 Å². The van der Waals surface area contributed by atoms with E-state index in [1.54, 1.807) is 30.3 Å². The molecule has 0 bridgehead atoms. The molecule has 3 heterocycles. The van der Waals surface area contributed by atoms with Crippen molar-refractivity contribution < 1.29 is 9.21 Å². The Labute approximate surface area is 146 Å². The number of halogens is 2. The van der Waals surface area contributed by atoms with Crippen LogP contribution in [0.3, 0.4) is 0 Å². The monoisotopic (exact) mass is 360 g/mol. The molecule has 1 amide bonds. The molecule has 1 aliphatic heterocycles. The maximum absolute atomic E-state index is 12.8. The van der Waals surface area contributed by atoms with Crippen LogP contribution in [0.5, 0.6) is 0 Å². The summed E-state index contributed by atoms with van der Waals surface area (Å²) in [5.74, 6) is -0.360. The predicted molar refractivity (Wildman–Crippen MR) is 92.1 cm³/mol. The molecule has 0 saturated heterocycles. The molecule has 0 atom stereocenters. The van der Waals surface area contributed by atoms with Gasteiger partial charge in [0.1, 0.15) is 5.15 Å². The Morgan fingerprint density at radius 2 is 1.96 bits per heavy atom. The molecular weight excluding hydrogens is 351 g/mol. The number of carbonyl (C=O) groups is 1. The lowest BCUT2D eigenvalue weighted by atomic mass is 10.0. The van der Waals surface area contributed by atoms with Crippen molar-refractivity contribution in [1.82, 2.24) is 4.98 Å². The van der Waals surface area contributed by atoms with E-state index in [1.165, 1.54) is 11.1 Å². The first-order chi connectivity index (χ1) is 11.6. The molecular formula is C17H10Cl2N2O3. The van der Waals surface area contributed by atoms with E-state index in [-0.39, 0.29) is 22.7 Å². The number of anilines is 1. The molecule has 0 saturated carbocycles. The second-order valence-corrected chi connectivity index (χ2v) is 6.20. The molecule has 0 radical (unpaired) electrons. The Hall–Kier alpha value is -2.37. The molecule has 3 aromatic rings. The molecule has 120 valence electrons. The standard InChI is InChI=1S/C17H10Cl2N2O3/c18-12-3-1-2-10-14(22)11-6-7-21(9-4-5-13(19)20-8-9)17(23)16(11)24-15(10)12/h1-5,8H,6-7H2. The second kappa shape index (κ2) is 5.61. The molecule has 0 fully saturated rings. The van der Waals surface area contributed by atoms with Crippen molar-refractivity contribution in [2.45, 2.75) is 6.42 Å². The molecule has 0 aliphatic carbocycles. The van der Waals surface area contributed by atoms with Crippen molar-refractivity contribution in [2.24, 2.45) is 0 Å². The van der Waals surface area contributed by atoms with Crippen LogP contribution in [0.25, 0.3) is 11.0 Å². The van der Waals surface area contributed by atoms with Crippen LogP contribution >= 0.6 is 23.2 Å². The third-order valence-electron chi connectivity index (χ3n) is 4.01. The van der Waals surface area contributed by atoms with E-state index in [1.807, 2.05) is 0 Å². The van der Waals surface area contributed by atoms with Crippen LogP contribution in [0.4, 0.5) is 5.69 Å². The molecule has 24 heavy (non-hydrogen) atoms. The third-order valence-corrected chi connectivity index (χ3v) is 4.53. The fourth-order valence-electron chi connectivity index (χ4n) is 2.84. The van der Waals surface area contributed by atoms with Gasteiger partial charge in [0.15, 0.2) is 16.8 Å². The average molecular weight is 361 g/mol. The summed E-state index contributed by atoms with van der Waals surface area (Å²) < 4.78 is 5.71. The summed E-state index contributed by atoms with van der Waals surface area (Å²) in [6, 6.07) is 8.25. The maximum atomic E-state index is 12.8. The van der Waals surface area contributed by atoms with E-state index in [4.69, 9.17) is 27.6 Å². The fourth-order valence-corrected chi connectivity index (χ4v) is 3.17. The fraction of sp³-hybridized carbons (Fsp3) is 0.118. The third kappa shape index (κ3) is 2.28. The molecule has 0 unspecified atom stereocenters. The SMILES string of the molecule is O=C1c2oc3c(Cl)cccc3c(=O)c2CCN1c1ccc(Cl)nc1. The normalized spacial score (nSPS) is 14.1. The van der Waals surface area contributed by atoms with E-state index in [0.717, 1.165) is 0 Å². The Kier molecular flexibility index (Phi) is 3.55. The van der Waals surface area contributed by atoms with Crippen molar-refractivity contribution in [1.29, 1.82) is 0 Å². The number of hydrogen-bond donors (Lipinski definition) is 0. The van der Waals surface area contributed by atoms with Crippen LogP contribution in [0.1, 0.15) is 16.1 Å². The van der Waals surface area contributed by atoms with Crippen LogP contribution in [0.2, 0.25) is 10.2 Å². The minimum atomic E-state index is -0.390. The number of pyridine rings is 1. The van der Waals surface area contributed by atoms with Gasteiger partial charge in [0.25, 0.3) is 5.91 Å². The van der Waals surface area contributed by atoms with Crippen molar-refractivity contribution >= 4 is 45.8 Å². The first-order valence-corrected chi connectivity index (χ1v) is 7.99. The van der Waals surface area contributed by atoms with Gasteiger partial charge >= 0.3 is 0 Å². The highest BCUT2D eigenvalue weighted by Gasteiger charge is 2.31. The highest BCUT2D eigenvalue weighted by molar-refractivity contribution is 6.34. The minimum Gasteiger partial charge on any atom is -0.449 e. The lowest BCUT2D eigenvalue weighted by Gasteiger charge is -2.27. The molecule has 7 heteroatoms. The van der Waals surface area contributed by atoms with Gasteiger partial charge in [0.05, 0.1) is 27.9 Å². The minimum absolute atomic E-state index is 0.0294. The van der Waals surface area contributed by atoms with Crippen molar-refractivity contribution in [3.8, 4) is 0 Å². The number of nitrogens with zero attached hydrogens (tertiary/aromatic N) is 2. The van der Waals surface area contributed by atoms with Crippen LogP contribution in [0.15, 0.2) is 45.7 Å². The van der Waals surface area contributed by atoms with Gasteiger partial charge in [0, 0.05) is 6.54 Å². The smallest absolute Gasteiger partial charge is 0.294 e. The van der Waals surface area contributed by atoms with E-state index < -0.39 is 0 Å². The zero-order valence-corrected chi connectivity index (χ0v) is 13.8. The summed E-state index contributed by atoms with van der Waals surface area (Å²) in [7, 11) is 0. The number of hydrogen-bond acceptors (Lipinski definition) is 4. The Balaban J connectivity index is 1.88. The zero-order chi connectivity index (χ0) is 16.8. The summed E-state index contributed by atoms with van der Waals surface area (Å²) in [6.07, 6.45) is 1.91. The number of fused-ring (bicyclic) bond motifs is 2. The van der Waals surface area contributed by atoms with Crippen molar-refractivity contribution in [3.63, 3.8) is 0 Å². The largest absolute Gasteiger partial charge is 0.449 e. The summed E-state index contributed by atoms with van der Waals surface area (Å²) in [6.45, 7) is 0.367. The molecule has 1 aromatic carbocycles. The number of para-hydroxylation sites is 1. The second-order valence-electron chi connectivity index (χ2n) is 5.40. The van der Waals surface area contributed by atoms with Gasteiger partial charge < -0.3 is 9.32 Å². The summed E-state index contributed by atoms with van der Waals surface area (Å²) in [5, 5.41) is 1.02. The molecule has 0 spiro atoms. The lowest BCUT2D eigenvalue weighted by molar-refractivity contribution is 0.0952. The van der Waals surface area contributed by atoms with E-state index in [2.05, 4.69) is 4.98 Å². The van der Waals surface area contributed by atoms with Gasteiger partial charge in [-0.15, -0.1) is 0 Å². The molecule has 0 N–H and O–H groups in total. The van der Waals surface area contributed by atoms with Gasteiger partial charge in [-0.25, -0.2) is 4.98 Å². The number of amides is 1. The van der Waals surface area contributed by atoms with Gasteiger partial charge in [-0.3, -0.25) is 9.59 Å². The number of rotatable bonds is 1. The highest BCUT2D eigenvalue weighted by atomic mass is 35.5. The van der Waals surface area contributed by atoms with E-state index >= 15 is 0 Å². The Morgan fingerprint density at radius 3 is 2.71 bits per heavy atom. The summed E-state index contributed by atoms with van der Waals surface area (Å²) >= 11 is 11.9. The first kappa shape index (κ1) is 15.2. The quantitative estimate of drug-likeness (QED) is 0.620. The van der Waals surface area contributed by atoms with E-state index in [0.29, 0.717) is 39.8 Å². The van der Waals surface area contributed by atoms with Gasteiger partial charge in [-0.1, -0.05) is 29.3 Å². The number of aromatic nitrogens is 1. The summed E-state index contributed by atoms with van der Waals surface area (Å²) in [4.78, 5) is 30.9. The van der Waals surface area contributed by atoms with Crippen molar-refractivity contribution in [3.05, 3.63) is 68.3 Å². The highest BCUT2D eigenvalue weighted by Crippen LogP contribution is 2.28. The first-order valence-electron chi connectivity index (χ1n) is 7.24. The molecule has 1 aliphatic rings. The zero-order valence-electron chi connectivity index (χ0n) is 12.3. The predicted octanol–water partition coefficient (Wildman–Crippen LogP) is 3.70. The van der Waals surface area contributed by atoms with Crippen LogP contribution < -0.4 is 10.3 Å². The lowest BCUT2D eigenvalue weighted by Crippen LogP contribution is -2.40. The number of carbonyl (C=O) groups excluding carboxylic acids is 1. The van der Waals surface area contributed by atoms with Gasteiger partial charge in [-0.05, 0) is 30.7 Å². The Bertz CT molecular complexity index is 1030. The maximum Gasteiger partial charge on any atom is 0.294 e. The summed E-state index contributed by atoms with van der Waals surface area (Å²) in [5.41, 5.74) is 0.994. The molecule has 5 nitrogen and oxygen atoms in total. The topological polar surface area (TPSA) is 63.4 Å².